The fraction of sp³-hybridized carbons (Fsp3) is 0.594. The number of carbonyl (C=O) groups is 1. The Morgan fingerprint density at radius 2 is 1.70 bits per heavy atom. The first-order valence-electron chi connectivity index (χ1n) is 14.3. The van der Waals surface area contributed by atoms with E-state index in [0.29, 0.717) is 12.5 Å². The molecule has 37 heavy (non-hydrogen) atoms. The lowest BCUT2D eigenvalue weighted by Crippen LogP contribution is -2.53. The number of carbonyl (C=O) groups excluding carboxylic acids is 1. The number of fused-ring (bicyclic) bond motifs is 3. The molecule has 3 heterocycles. The lowest BCUT2D eigenvalue weighted by Gasteiger charge is -2.51. The van der Waals surface area contributed by atoms with Crippen LogP contribution < -0.4 is 0 Å². The zero-order chi connectivity index (χ0) is 25.3. The van der Waals surface area contributed by atoms with E-state index in [1.807, 2.05) is 60.7 Å². The number of rotatable bonds is 5. The molecular formula is C32H39NO4. The number of likely N-dealkylation sites (tertiary alicyclic amines) is 1. The van der Waals surface area contributed by atoms with E-state index in [2.05, 4.69) is 11.8 Å². The molecule has 3 aliphatic heterocycles. The molecule has 1 spiro atoms. The average Bonchev–Trinajstić information content (AvgIpc) is 3.40. The topological polar surface area (TPSA) is 62.3 Å². The molecule has 5 fully saturated rings. The van der Waals surface area contributed by atoms with Gasteiger partial charge in [0, 0.05) is 18.5 Å². The third-order valence-electron chi connectivity index (χ3n) is 10.8. The summed E-state index contributed by atoms with van der Waals surface area (Å²) < 4.78 is 12.2. The molecule has 3 saturated heterocycles. The maximum Gasteiger partial charge on any atom is 0.310 e. The molecule has 2 aliphatic carbocycles. The average molecular weight is 502 g/mol. The van der Waals surface area contributed by atoms with Gasteiger partial charge in [-0.25, -0.2) is 0 Å². The molecule has 0 aromatic heterocycles. The summed E-state index contributed by atoms with van der Waals surface area (Å²) >= 11 is 0. The van der Waals surface area contributed by atoms with Crippen LogP contribution in [0.2, 0.25) is 0 Å². The minimum absolute atomic E-state index is 0.0239. The van der Waals surface area contributed by atoms with Crippen LogP contribution in [0.5, 0.6) is 0 Å². The van der Waals surface area contributed by atoms with E-state index in [-0.39, 0.29) is 41.0 Å². The molecular weight excluding hydrogens is 462 g/mol. The molecule has 7 rings (SSSR count). The van der Waals surface area contributed by atoms with Crippen LogP contribution in [0.25, 0.3) is 0 Å². The summed E-state index contributed by atoms with van der Waals surface area (Å²) in [6, 6.07) is 20.0. The molecule has 0 unspecified atom stereocenters. The van der Waals surface area contributed by atoms with Gasteiger partial charge < -0.3 is 14.6 Å². The molecule has 5 nitrogen and oxygen atoms in total. The van der Waals surface area contributed by atoms with Crippen LogP contribution in [0.3, 0.4) is 0 Å². The summed E-state index contributed by atoms with van der Waals surface area (Å²) in [6.07, 6.45) is 7.52. The molecule has 2 saturated carbocycles. The first-order chi connectivity index (χ1) is 17.9. The Balaban J connectivity index is 1.18. The first kappa shape index (κ1) is 23.9. The molecule has 2 aromatic carbocycles. The van der Waals surface area contributed by atoms with Gasteiger partial charge in [-0.2, -0.15) is 0 Å². The highest BCUT2D eigenvalue weighted by atomic mass is 16.6. The van der Waals surface area contributed by atoms with Gasteiger partial charge in [0.2, 0.25) is 0 Å². The second-order valence-corrected chi connectivity index (χ2v) is 12.8. The van der Waals surface area contributed by atoms with Crippen LogP contribution in [-0.2, 0) is 19.9 Å². The van der Waals surface area contributed by atoms with Crippen LogP contribution in [0.15, 0.2) is 60.7 Å². The third-order valence-corrected chi connectivity index (χ3v) is 10.8. The van der Waals surface area contributed by atoms with Crippen LogP contribution in [0.1, 0.15) is 63.0 Å². The Morgan fingerprint density at radius 3 is 2.35 bits per heavy atom. The smallest absolute Gasteiger partial charge is 0.310 e. The van der Waals surface area contributed by atoms with Gasteiger partial charge in [0.05, 0.1) is 18.1 Å². The highest BCUT2D eigenvalue weighted by Crippen LogP contribution is 2.63. The Morgan fingerprint density at radius 1 is 1.03 bits per heavy atom. The molecule has 1 N–H and O–H groups in total. The lowest BCUT2D eigenvalue weighted by molar-refractivity contribution is -0.147. The minimum Gasteiger partial charge on any atom is -0.462 e. The largest absolute Gasteiger partial charge is 0.462 e. The molecule has 0 radical (unpaired) electrons. The fourth-order valence-electron chi connectivity index (χ4n) is 8.87. The van der Waals surface area contributed by atoms with Gasteiger partial charge in [-0.1, -0.05) is 67.6 Å². The summed E-state index contributed by atoms with van der Waals surface area (Å²) in [4.78, 5) is 15.8. The zero-order valence-corrected chi connectivity index (χ0v) is 21.9. The number of epoxide rings is 1. The van der Waals surface area contributed by atoms with Crippen molar-refractivity contribution in [1.82, 2.24) is 4.90 Å². The molecule has 0 bridgehead atoms. The van der Waals surface area contributed by atoms with Gasteiger partial charge >= 0.3 is 5.97 Å². The highest BCUT2D eigenvalue weighted by molar-refractivity contribution is 5.75. The van der Waals surface area contributed by atoms with Gasteiger partial charge in [-0.3, -0.25) is 9.69 Å². The van der Waals surface area contributed by atoms with Crippen molar-refractivity contribution in [1.29, 1.82) is 0 Å². The maximum atomic E-state index is 13.4. The molecule has 196 valence electrons. The number of benzene rings is 2. The Bertz CT molecular complexity index is 1110. The molecule has 5 aliphatic rings. The van der Waals surface area contributed by atoms with E-state index in [9.17, 15) is 9.90 Å². The standard InChI is InChI=1S/C32H39NO4/c1-30-15-9-16-31(21-36-31)27(30)18-24-25(29(34)37-26(24)19-30)20-33-17-8-14-28(33)32(35,22-10-4-2-5-11-22)23-12-6-3-7-13-23/h2-7,10-13,24-28,35H,8-9,14-21H2,1H3/t24-,25-,26-,27-,28-,30-,31+/m1/s1. The van der Waals surface area contributed by atoms with Gasteiger partial charge in [0.15, 0.2) is 0 Å². The van der Waals surface area contributed by atoms with Gasteiger partial charge in [-0.05, 0) is 74.0 Å². The number of esters is 1. The van der Waals surface area contributed by atoms with Gasteiger partial charge in [0.25, 0.3) is 0 Å². The van der Waals surface area contributed by atoms with Gasteiger partial charge in [0.1, 0.15) is 11.7 Å². The highest BCUT2D eigenvalue weighted by Gasteiger charge is 2.65. The van der Waals surface area contributed by atoms with Crippen molar-refractivity contribution in [3.8, 4) is 0 Å². The van der Waals surface area contributed by atoms with Crippen molar-refractivity contribution in [2.24, 2.45) is 23.2 Å². The summed E-state index contributed by atoms with van der Waals surface area (Å²) in [5.41, 5.74) is 0.955. The number of hydrogen-bond donors (Lipinski definition) is 1. The second kappa shape index (κ2) is 8.65. The lowest BCUT2D eigenvalue weighted by atomic mass is 9.53. The van der Waals surface area contributed by atoms with Crippen LogP contribution in [-0.4, -0.2) is 53.4 Å². The maximum absolute atomic E-state index is 13.4. The fourth-order valence-corrected chi connectivity index (χ4v) is 8.87. The summed E-state index contributed by atoms with van der Waals surface area (Å²) in [6.45, 7) is 4.85. The number of aliphatic hydroxyl groups is 1. The quantitative estimate of drug-likeness (QED) is 0.466. The molecule has 7 atom stereocenters. The van der Waals surface area contributed by atoms with E-state index >= 15 is 0 Å². The van der Waals surface area contributed by atoms with Crippen molar-refractivity contribution in [2.45, 2.75) is 75.2 Å². The second-order valence-electron chi connectivity index (χ2n) is 12.8. The Hall–Kier alpha value is -2.21. The van der Waals surface area contributed by atoms with Crippen molar-refractivity contribution in [2.75, 3.05) is 19.7 Å². The van der Waals surface area contributed by atoms with Crippen LogP contribution in [0, 0.1) is 23.2 Å². The van der Waals surface area contributed by atoms with E-state index < -0.39 is 5.60 Å². The minimum atomic E-state index is -1.14. The van der Waals surface area contributed by atoms with E-state index in [4.69, 9.17) is 9.47 Å². The van der Waals surface area contributed by atoms with E-state index in [1.165, 1.54) is 19.3 Å². The Kier molecular flexibility index (Phi) is 5.58. The zero-order valence-electron chi connectivity index (χ0n) is 21.9. The summed E-state index contributed by atoms with van der Waals surface area (Å²) in [5.74, 6) is 0.597. The van der Waals surface area contributed by atoms with Crippen LogP contribution in [0.4, 0.5) is 0 Å². The van der Waals surface area contributed by atoms with Crippen LogP contribution >= 0.6 is 0 Å². The monoisotopic (exact) mass is 501 g/mol. The Labute approximate surface area is 220 Å². The summed E-state index contributed by atoms with van der Waals surface area (Å²) in [5, 5.41) is 12.5. The molecule has 2 aromatic rings. The predicted octanol–water partition coefficient (Wildman–Crippen LogP) is 4.91. The van der Waals surface area contributed by atoms with Crippen molar-refractivity contribution in [3.05, 3.63) is 71.8 Å². The number of hydrogen-bond acceptors (Lipinski definition) is 5. The molecule has 5 heteroatoms. The third kappa shape index (κ3) is 3.72. The van der Waals surface area contributed by atoms with E-state index in [1.54, 1.807) is 0 Å². The van der Waals surface area contributed by atoms with Crippen molar-refractivity contribution < 1.29 is 19.4 Å². The SMILES string of the molecule is C[C@]12CCC[C@]3(CO3)[C@@H]1C[C@H]1[C@@H](C2)OC(=O)[C@@H]1CN1CCC[C@@H]1C(O)(c1ccccc1)c1ccccc1. The van der Waals surface area contributed by atoms with Crippen molar-refractivity contribution in [3.63, 3.8) is 0 Å². The summed E-state index contributed by atoms with van der Waals surface area (Å²) in [7, 11) is 0. The first-order valence-corrected chi connectivity index (χ1v) is 14.3. The van der Waals surface area contributed by atoms with Gasteiger partial charge in [-0.15, -0.1) is 0 Å². The normalized spacial score (nSPS) is 39.3. The number of ether oxygens (including phenoxy) is 2. The predicted molar refractivity (Wildman–Crippen MR) is 141 cm³/mol. The number of nitrogens with zero attached hydrogens (tertiary/aromatic N) is 1. The molecule has 0 amide bonds. The van der Waals surface area contributed by atoms with E-state index in [0.717, 1.165) is 50.0 Å². The van der Waals surface area contributed by atoms with Crippen molar-refractivity contribution >= 4 is 5.97 Å².